The van der Waals surface area contributed by atoms with Crippen molar-refractivity contribution in [2.24, 2.45) is 11.7 Å². The fourth-order valence-corrected chi connectivity index (χ4v) is 2.52. The average Bonchev–Trinajstić information content (AvgIpc) is 2.45. The predicted molar refractivity (Wildman–Crippen MR) is 85.4 cm³/mol. The zero-order chi connectivity index (χ0) is 15.4. The summed E-state index contributed by atoms with van der Waals surface area (Å²) >= 11 is 5.97. The highest BCUT2D eigenvalue weighted by Crippen LogP contribution is 2.29. The van der Waals surface area contributed by atoms with E-state index in [1.54, 1.807) is 12.1 Å². The lowest BCUT2D eigenvalue weighted by atomic mass is 10.0. The van der Waals surface area contributed by atoms with E-state index in [0.717, 1.165) is 17.7 Å². The molecule has 0 spiro atoms. The van der Waals surface area contributed by atoms with Crippen molar-refractivity contribution in [1.29, 1.82) is 0 Å². The maximum Gasteiger partial charge on any atom is 0.250 e. The van der Waals surface area contributed by atoms with Gasteiger partial charge < -0.3 is 15.8 Å². The molecule has 0 radical (unpaired) electrons. The molecule has 0 saturated heterocycles. The van der Waals surface area contributed by atoms with Crippen LogP contribution in [0.2, 0.25) is 5.02 Å². The molecular weight excluding hydrogens is 288 g/mol. The van der Waals surface area contributed by atoms with Gasteiger partial charge in [0.2, 0.25) is 0 Å². The first-order valence-electron chi connectivity index (χ1n) is 7.13. The maximum atomic E-state index is 12.3. The molecule has 0 saturated carbocycles. The number of rotatable bonds is 5. The van der Waals surface area contributed by atoms with Gasteiger partial charge in [-0.05, 0) is 36.6 Å². The molecule has 1 aromatic rings. The molecule has 1 aliphatic heterocycles. The minimum Gasteiger partial charge on any atom is -0.488 e. The van der Waals surface area contributed by atoms with E-state index < -0.39 is 0 Å². The normalized spacial score (nSPS) is 15.0. The largest absolute Gasteiger partial charge is 0.488 e. The molecule has 1 aliphatic rings. The maximum absolute atomic E-state index is 12.3. The third kappa shape index (κ3) is 4.22. The van der Waals surface area contributed by atoms with Crippen LogP contribution in [0, 0.1) is 5.92 Å². The minimum atomic E-state index is -0.128. The Morgan fingerprint density at radius 1 is 1.48 bits per heavy atom. The molecule has 5 heteroatoms. The molecule has 1 atom stereocenters. The number of fused-ring (bicyclic) bond motifs is 1. The number of halogens is 1. The van der Waals surface area contributed by atoms with Gasteiger partial charge in [0, 0.05) is 23.2 Å². The van der Waals surface area contributed by atoms with Crippen LogP contribution in [0.25, 0.3) is 6.08 Å². The van der Waals surface area contributed by atoms with Crippen molar-refractivity contribution in [2.75, 3.05) is 13.2 Å². The number of carbonyl (C=O) groups is 1. The summed E-state index contributed by atoms with van der Waals surface area (Å²) in [6.45, 7) is 4.91. The van der Waals surface area contributed by atoms with Crippen molar-refractivity contribution >= 4 is 23.6 Å². The number of nitrogens with one attached hydrogen (secondary N) is 1. The van der Waals surface area contributed by atoms with E-state index in [4.69, 9.17) is 22.1 Å². The Kier molecular flexibility index (Phi) is 5.26. The van der Waals surface area contributed by atoms with E-state index in [0.29, 0.717) is 23.1 Å². The van der Waals surface area contributed by atoms with Gasteiger partial charge >= 0.3 is 0 Å². The average molecular weight is 309 g/mol. The van der Waals surface area contributed by atoms with Gasteiger partial charge in [-0.1, -0.05) is 25.4 Å². The summed E-state index contributed by atoms with van der Waals surface area (Å²) in [7, 11) is 0. The lowest BCUT2D eigenvalue weighted by molar-refractivity contribution is -0.118. The zero-order valence-corrected chi connectivity index (χ0v) is 13.1. The molecule has 1 aromatic carbocycles. The number of amides is 1. The Morgan fingerprint density at radius 2 is 2.24 bits per heavy atom. The standard InChI is InChI=1S/C16H21ClN2O2/c1-10(2)5-14(8-18)19-16(20)12-6-11-7-13(17)3-4-15(11)21-9-12/h3-4,6-7,10,14H,5,8-9,18H2,1-2H3,(H,19,20). The highest BCUT2D eigenvalue weighted by atomic mass is 35.5. The van der Waals surface area contributed by atoms with Crippen LogP contribution in [0.4, 0.5) is 0 Å². The van der Waals surface area contributed by atoms with E-state index >= 15 is 0 Å². The zero-order valence-electron chi connectivity index (χ0n) is 12.4. The lowest BCUT2D eigenvalue weighted by Gasteiger charge is -2.22. The first-order valence-corrected chi connectivity index (χ1v) is 7.51. The Balaban J connectivity index is 2.09. The number of hydrogen-bond acceptors (Lipinski definition) is 3. The number of carbonyl (C=O) groups excluding carboxylic acids is 1. The van der Waals surface area contributed by atoms with Crippen LogP contribution >= 0.6 is 11.6 Å². The second-order valence-electron chi connectivity index (χ2n) is 5.68. The Bertz CT molecular complexity index is 555. The van der Waals surface area contributed by atoms with Crippen LogP contribution in [0.5, 0.6) is 5.75 Å². The fraction of sp³-hybridized carbons (Fsp3) is 0.438. The van der Waals surface area contributed by atoms with Gasteiger partial charge in [0.05, 0.1) is 5.57 Å². The van der Waals surface area contributed by atoms with E-state index in [2.05, 4.69) is 19.2 Å². The van der Waals surface area contributed by atoms with E-state index in [-0.39, 0.29) is 18.6 Å². The molecule has 0 fully saturated rings. The summed E-state index contributed by atoms with van der Waals surface area (Å²) in [4.78, 5) is 12.3. The van der Waals surface area contributed by atoms with Gasteiger partial charge in [-0.3, -0.25) is 4.79 Å². The fourth-order valence-electron chi connectivity index (χ4n) is 2.34. The first-order chi connectivity index (χ1) is 9.99. The summed E-state index contributed by atoms with van der Waals surface area (Å²) in [6.07, 6.45) is 2.68. The third-order valence-corrected chi connectivity index (χ3v) is 3.59. The number of hydrogen-bond donors (Lipinski definition) is 2. The molecule has 0 bridgehead atoms. The molecule has 1 amide bonds. The summed E-state index contributed by atoms with van der Waals surface area (Å²) in [5.41, 5.74) is 7.13. The topological polar surface area (TPSA) is 64.3 Å². The Labute approximate surface area is 130 Å². The van der Waals surface area contributed by atoms with Crippen LogP contribution in [0.3, 0.4) is 0 Å². The Hall–Kier alpha value is -1.52. The monoisotopic (exact) mass is 308 g/mol. The molecular formula is C16H21ClN2O2. The third-order valence-electron chi connectivity index (χ3n) is 3.35. The smallest absolute Gasteiger partial charge is 0.250 e. The molecule has 21 heavy (non-hydrogen) atoms. The van der Waals surface area contributed by atoms with Gasteiger partial charge in [-0.15, -0.1) is 0 Å². The van der Waals surface area contributed by atoms with Gasteiger partial charge in [0.15, 0.2) is 0 Å². The summed E-state index contributed by atoms with van der Waals surface area (Å²) < 4.78 is 5.59. The molecule has 0 aliphatic carbocycles. The molecule has 3 N–H and O–H groups in total. The van der Waals surface area contributed by atoms with Gasteiger partial charge in [-0.2, -0.15) is 0 Å². The summed E-state index contributed by atoms with van der Waals surface area (Å²) in [6, 6.07) is 5.35. The van der Waals surface area contributed by atoms with Crippen molar-refractivity contribution in [3.05, 3.63) is 34.4 Å². The molecule has 0 aromatic heterocycles. The van der Waals surface area contributed by atoms with E-state index in [1.807, 2.05) is 12.1 Å². The molecule has 114 valence electrons. The molecule has 1 unspecified atom stereocenters. The van der Waals surface area contributed by atoms with Crippen LogP contribution in [0.1, 0.15) is 25.8 Å². The number of nitrogens with two attached hydrogens (primary N) is 1. The van der Waals surface area contributed by atoms with E-state index in [9.17, 15) is 4.79 Å². The van der Waals surface area contributed by atoms with Crippen molar-refractivity contribution in [3.8, 4) is 5.75 Å². The molecule has 4 nitrogen and oxygen atoms in total. The van der Waals surface area contributed by atoms with Crippen molar-refractivity contribution in [3.63, 3.8) is 0 Å². The quantitative estimate of drug-likeness (QED) is 0.879. The second-order valence-corrected chi connectivity index (χ2v) is 6.11. The highest BCUT2D eigenvalue weighted by molar-refractivity contribution is 6.30. The van der Waals surface area contributed by atoms with Gasteiger partial charge in [0.1, 0.15) is 12.4 Å². The molecule has 2 rings (SSSR count). The number of benzene rings is 1. The SMILES string of the molecule is CC(C)CC(CN)NC(=O)C1=Cc2cc(Cl)ccc2OC1. The first kappa shape index (κ1) is 15.9. The Morgan fingerprint density at radius 3 is 2.90 bits per heavy atom. The molecule has 1 heterocycles. The van der Waals surface area contributed by atoms with Gasteiger partial charge in [0.25, 0.3) is 5.91 Å². The number of ether oxygens (including phenoxy) is 1. The predicted octanol–water partition coefficient (Wildman–Crippen LogP) is 2.61. The van der Waals surface area contributed by atoms with Crippen molar-refractivity contribution < 1.29 is 9.53 Å². The van der Waals surface area contributed by atoms with Crippen molar-refractivity contribution in [1.82, 2.24) is 5.32 Å². The lowest BCUT2D eigenvalue weighted by Crippen LogP contribution is -2.42. The van der Waals surface area contributed by atoms with Crippen LogP contribution in [-0.4, -0.2) is 25.1 Å². The van der Waals surface area contributed by atoms with Crippen LogP contribution in [-0.2, 0) is 4.79 Å². The highest BCUT2D eigenvalue weighted by Gasteiger charge is 2.20. The van der Waals surface area contributed by atoms with E-state index in [1.165, 1.54) is 0 Å². The minimum absolute atomic E-state index is 0.0147. The van der Waals surface area contributed by atoms with Crippen molar-refractivity contribution in [2.45, 2.75) is 26.3 Å². The van der Waals surface area contributed by atoms with Crippen LogP contribution in [0.15, 0.2) is 23.8 Å². The van der Waals surface area contributed by atoms with Crippen LogP contribution < -0.4 is 15.8 Å². The second kappa shape index (κ2) is 6.96. The van der Waals surface area contributed by atoms with Gasteiger partial charge in [-0.25, -0.2) is 0 Å². The summed E-state index contributed by atoms with van der Waals surface area (Å²) in [5, 5.41) is 3.59. The summed E-state index contributed by atoms with van der Waals surface area (Å²) in [5.74, 6) is 1.10.